The van der Waals surface area contributed by atoms with Crippen LogP contribution in [0.4, 0.5) is 0 Å². The first-order valence-electron chi connectivity index (χ1n) is 4.50. The first-order chi connectivity index (χ1) is 6.65. The number of hydrogen-bond donors (Lipinski definition) is 1. The average molecular weight is 253 g/mol. The molecule has 0 radical (unpaired) electrons. The highest BCUT2D eigenvalue weighted by Crippen LogP contribution is 2.27. The Kier molecular flexibility index (Phi) is 5.17. The lowest BCUT2D eigenvalue weighted by Gasteiger charge is -2.19. The van der Waals surface area contributed by atoms with E-state index in [4.69, 9.17) is 23.2 Å². The highest BCUT2D eigenvalue weighted by Gasteiger charge is 2.19. The number of rotatable bonds is 5. The molecule has 0 aromatic carbocycles. The molecule has 1 N–H and O–H groups in total. The van der Waals surface area contributed by atoms with Gasteiger partial charge in [-0.25, -0.2) is 4.98 Å². The molecule has 0 fully saturated rings. The van der Waals surface area contributed by atoms with Crippen LogP contribution in [0.2, 0.25) is 0 Å². The van der Waals surface area contributed by atoms with Crippen LogP contribution in [-0.4, -0.2) is 16.9 Å². The molecular weight excluding hydrogens is 239 g/mol. The van der Waals surface area contributed by atoms with Crippen LogP contribution in [0.3, 0.4) is 0 Å². The van der Waals surface area contributed by atoms with Gasteiger partial charge < -0.3 is 5.32 Å². The van der Waals surface area contributed by atoms with Crippen LogP contribution in [0.25, 0.3) is 0 Å². The number of halogens is 2. The lowest BCUT2D eigenvalue weighted by molar-refractivity contribution is 0.447. The molecular formula is C9H14Cl2N2S. The Labute approximate surface area is 98.6 Å². The summed E-state index contributed by atoms with van der Waals surface area (Å²) in [7, 11) is 1.93. The second-order valence-corrected chi connectivity index (χ2v) is 5.35. The maximum Gasteiger partial charge on any atom is 0.110 e. The third kappa shape index (κ3) is 3.39. The standard InChI is InChI=1S/C9H14Cl2N2S/c1-6(8(10)11)5-7(12-2)9-13-3-4-14-9/h3-4,6-8,12H,5H2,1-2H3/t6-,7-/m0/s1. The zero-order valence-corrected chi connectivity index (χ0v) is 10.5. The van der Waals surface area contributed by atoms with Gasteiger partial charge in [0.25, 0.3) is 0 Å². The van der Waals surface area contributed by atoms with Gasteiger partial charge in [-0.2, -0.15) is 0 Å². The summed E-state index contributed by atoms with van der Waals surface area (Å²) in [5.41, 5.74) is 0. The summed E-state index contributed by atoms with van der Waals surface area (Å²) in [6.07, 6.45) is 2.72. The molecule has 0 amide bonds. The average Bonchev–Trinajstić information content (AvgIpc) is 2.66. The molecule has 5 heteroatoms. The van der Waals surface area contributed by atoms with Gasteiger partial charge in [-0.3, -0.25) is 0 Å². The van der Waals surface area contributed by atoms with Gasteiger partial charge in [-0.15, -0.1) is 34.5 Å². The molecule has 0 saturated carbocycles. The van der Waals surface area contributed by atoms with Crippen LogP contribution in [0.5, 0.6) is 0 Å². The van der Waals surface area contributed by atoms with Crippen molar-refractivity contribution in [3.63, 3.8) is 0 Å². The SMILES string of the molecule is CN[C@@H](C[C@H](C)C(Cl)Cl)c1nccs1. The fourth-order valence-corrected chi connectivity index (χ4v) is 2.19. The van der Waals surface area contributed by atoms with E-state index >= 15 is 0 Å². The minimum atomic E-state index is -0.314. The van der Waals surface area contributed by atoms with E-state index in [1.165, 1.54) is 0 Å². The van der Waals surface area contributed by atoms with Crippen molar-refractivity contribution in [2.24, 2.45) is 5.92 Å². The predicted octanol–water partition coefficient (Wildman–Crippen LogP) is 3.23. The first-order valence-corrected chi connectivity index (χ1v) is 6.25. The van der Waals surface area contributed by atoms with Crippen LogP contribution in [-0.2, 0) is 0 Å². The van der Waals surface area contributed by atoms with E-state index in [-0.39, 0.29) is 16.8 Å². The monoisotopic (exact) mass is 252 g/mol. The maximum absolute atomic E-state index is 5.81. The molecule has 1 aromatic rings. The van der Waals surface area contributed by atoms with Crippen molar-refractivity contribution < 1.29 is 0 Å². The van der Waals surface area contributed by atoms with Gasteiger partial charge in [0, 0.05) is 11.6 Å². The third-order valence-electron chi connectivity index (χ3n) is 2.14. The van der Waals surface area contributed by atoms with E-state index in [1.807, 2.05) is 25.5 Å². The smallest absolute Gasteiger partial charge is 0.110 e. The van der Waals surface area contributed by atoms with E-state index in [2.05, 4.69) is 10.3 Å². The van der Waals surface area contributed by atoms with Crippen LogP contribution in [0, 0.1) is 5.92 Å². The minimum absolute atomic E-state index is 0.255. The van der Waals surface area contributed by atoms with Crippen molar-refractivity contribution in [3.05, 3.63) is 16.6 Å². The number of alkyl halides is 2. The number of nitrogens with zero attached hydrogens (tertiary/aromatic N) is 1. The van der Waals surface area contributed by atoms with E-state index in [0.717, 1.165) is 11.4 Å². The number of nitrogens with one attached hydrogen (secondary N) is 1. The molecule has 0 bridgehead atoms. The Morgan fingerprint density at radius 1 is 1.57 bits per heavy atom. The summed E-state index contributed by atoms with van der Waals surface area (Å²) >= 11 is 13.3. The van der Waals surface area contributed by atoms with Crippen LogP contribution >= 0.6 is 34.5 Å². The lowest BCUT2D eigenvalue weighted by atomic mass is 10.0. The zero-order chi connectivity index (χ0) is 10.6. The first kappa shape index (κ1) is 12.2. The topological polar surface area (TPSA) is 24.9 Å². The minimum Gasteiger partial charge on any atom is -0.311 e. The van der Waals surface area contributed by atoms with Crippen molar-refractivity contribution in [2.45, 2.75) is 24.2 Å². The van der Waals surface area contributed by atoms with Gasteiger partial charge in [0.05, 0.1) is 6.04 Å². The maximum atomic E-state index is 5.81. The molecule has 0 spiro atoms. The van der Waals surface area contributed by atoms with Crippen molar-refractivity contribution in [3.8, 4) is 0 Å². The molecule has 0 aliphatic carbocycles. The van der Waals surface area contributed by atoms with Crippen molar-refractivity contribution in [1.29, 1.82) is 0 Å². The molecule has 14 heavy (non-hydrogen) atoms. The summed E-state index contributed by atoms with van der Waals surface area (Å²) in [5, 5.41) is 6.29. The van der Waals surface area contributed by atoms with Crippen molar-refractivity contribution >= 4 is 34.5 Å². The molecule has 0 aliphatic rings. The fourth-order valence-electron chi connectivity index (χ4n) is 1.22. The van der Waals surface area contributed by atoms with Crippen molar-refractivity contribution in [1.82, 2.24) is 10.3 Å². The van der Waals surface area contributed by atoms with Crippen LogP contribution in [0.1, 0.15) is 24.4 Å². The Morgan fingerprint density at radius 3 is 2.71 bits per heavy atom. The molecule has 0 unspecified atom stereocenters. The third-order valence-corrected chi connectivity index (χ3v) is 3.89. The summed E-state index contributed by atoms with van der Waals surface area (Å²) in [6.45, 7) is 2.04. The normalized spacial score (nSPS) is 15.8. The van der Waals surface area contributed by atoms with Gasteiger partial charge in [0.15, 0.2) is 0 Å². The quantitative estimate of drug-likeness (QED) is 0.815. The van der Waals surface area contributed by atoms with Gasteiger partial charge in [-0.05, 0) is 19.4 Å². The number of thiazole rings is 1. The van der Waals surface area contributed by atoms with Crippen LogP contribution < -0.4 is 5.32 Å². The molecule has 0 saturated heterocycles. The Hall–Kier alpha value is 0.170. The number of aromatic nitrogens is 1. The van der Waals surface area contributed by atoms with Crippen molar-refractivity contribution in [2.75, 3.05) is 7.05 Å². The Morgan fingerprint density at radius 2 is 2.29 bits per heavy atom. The van der Waals surface area contributed by atoms with Gasteiger partial charge in [-0.1, -0.05) is 6.92 Å². The number of hydrogen-bond acceptors (Lipinski definition) is 3. The summed E-state index contributed by atoms with van der Waals surface area (Å²) in [4.78, 5) is 3.96. The fraction of sp³-hybridized carbons (Fsp3) is 0.667. The molecule has 2 atom stereocenters. The lowest BCUT2D eigenvalue weighted by Crippen LogP contribution is -2.21. The molecule has 1 rings (SSSR count). The Balaban J connectivity index is 2.56. The largest absolute Gasteiger partial charge is 0.311 e. The molecule has 80 valence electrons. The van der Waals surface area contributed by atoms with Crippen LogP contribution in [0.15, 0.2) is 11.6 Å². The zero-order valence-electron chi connectivity index (χ0n) is 8.21. The summed E-state index contributed by atoms with van der Waals surface area (Å²) < 4.78 is 0. The predicted molar refractivity (Wildman–Crippen MR) is 63.2 cm³/mol. The summed E-state index contributed by atoms with van der Waals surface area (Å²) in [5.74, 6) is 0.264. The van der Waals surface area contributed by atoms with Gasteiger partial charge in [0.2, 0.25) is 0 Å². The molecule has 0 aliphatic heterocycles. The van der Waals surface area contributed by atoms with E-state index in [9.17, 15) is 0 Å². The van der Waals surface area contributed by atoms with E-state index in [1.54, 1.807) is 11.3 Å². The van der Waals surface area contributed by atoms with Gasteiger partial charge >= 0.3 is 0 Å². The van der Waals surface area contributed by atoms with E-state index in [0.29, 0.717) is 0 Å². The molecule has 1 aromatic heterocycles. The molecule has 2 nitrogen and oxygen atoms in total. The highest BCUT2D eigenvalue weighted by molar-refractivity contribution is 7.09. The second kappa shape index (κ2) is 5.91. The second-order valence-electron chi connectivity index (χ2n) is 3.26. The highest BCUT2D eigenvalue weighted by atomic mass is 35.5. The Bertz CT molecular complexity index is 251. The van der Waals surface area contributed by atoms with E-state index < -0.39 is 0 Å². The molecule has 1 heterocycles. The summed E-state index contributed by atoms with van der Waals surface area (Å²) in [6, 6.07) is 0.255. The van der Waals surface area contributed by atoms with Gasteiger partial charge in [0.1, 0.15) is 9.84 Å².